The number of nitriles is 1. The largest absolute Gasteiger partial charge is 0.377 e. The lowest BCUT2D eigenvalue weighted by molar-refractivity contribution is 0.112. The summed E-state index contributed by atoms with van der Waals surface area (Å²) in [6, 6.07) is 7.02. The lowest BCUT2D eigenvalue weighted by Crippen LogP contribution is -2.11. The maximum Gasteiger partial charge on any atom is 0.152 e. The highest BCUT2D eigenvalue weighted by molar-refractivity contribution is 5.85. The van der Waals surface area contributed by atoms with E-state index in [0.29, 0.717) is 11.1 Å². The fourth-order valence-corrected chi connectivity index (χ4v) is 1.10. The first-order valence-electron chi connectivity index (χ1n) is 3.85. The first-order valence-corrected chi connectivity index (χ1v) is 3.85. The van der Waals surface area contributed by atoms with Crippen LogP contribution in [0.25, 0.3) is 0 Å². The second-order valence-corrected chi connectivity index (χ2v) is 2.90. The summed E-state index contributed by atoms with van der Waals surface area (Å²) in [5, 5.41) is 8.65. The van der Waals surface area contributed by atoms with E-state index in [1.54, 1.807) is 18.2 Å². The Kier molecular flexibility index (Phi) is 2.65. The van der Waals surface area contributed by atoms with E-state index in [9.17, 15) is 4.79 Å². The Bertz CT molecular complexity index is 364. The topological polar surface area (TPSA) is 44.1 Å². The predicted molar refractivity (Wildman–Crippen MR) is 50.9 cm³/mol. The van der Waals surface area contributed by atoms with Crippen molar-refractivity contribution in [3.05, 3.63) is 29.3 Å². The summed E-state index contributed by atoms with van der Waals surface area (Å²) in [5.41, 5.74) is 1.94. The van der Waals surface area contributed by atoms with Crippen molar-refractivity contribution in [3.8, 4) is 6.07 Å². The summed E-state index contributed by atoms with van der Waals surface area (Å²) < 4.78 is 0. The van der Waals surface area contributed by atoms with Crippen LogP contribution in [-0.2, 0) is 0 Å². The molecule has 3 heteroatoms. The van der Waals surface area contributed by atoms with Crippen LogP contribution in [-0.4, -0.2) is 20.4 Å². The van der Waals surface area contributed by atoms with Gasteiger partial charge in [-0.3, -0.25) is 4.79 Å². The van der Waals surface area contributed by atoms with Crippen molar-refractivity contribution >= 4 is 12.0 Å². The molecule has 1 rings (SSSR count). The van der Waals surface area contributed by atoms with Gasteiger partial charge in [0, 0.05) is 25.3 Å². The molecule has 0 aliphatic heterocycles. The Labute approximate surface area is 77.2 Å². The molecular formula is C10H10N2O. The molecular weight excluding hydrogens is 164 g/mol. The van der Waals surface area contributed by atoms with Crippen molar-refractivity contribution in [1.29, 1.82) is 5.26 Å². The second kappa shape index (κ2) is 3.72. The SMILES string of the molecule is CN(C)c1cc(C#N)ccc1C=O. The average Bonchev–Trinajstić information content (AvgIpc) is 2.16. The van der Waals surface area contributed by atoms with Gasteiger partial charge in [0.05, 0.1) is 11.6 Å². The third kappa shape index (κ3) is 1.85. The molecule has 0 heterocycles. The molecule has 0 radical (unpaired) electrons. The summed E-state index contributed by atoms with van der Waals surface area (Å²) in [4.78, 5) is 12.4. The number of aldehydes is 1. The van der Waals surface area contributed by atoms with Crippen molar-refractivity contribution < 1.29 is 4.79 Å². The highest BCUT2D eigenvalue weighted by Gasteiger charge is 2.04. The van der Waals surface area contributed by atoms with Crippen molar-refractivity contribution in [2.75, 3.05) is 19.0 Å². The molecule has 13 heavy (non-hydrogen) atoms. The summed E-state index contributed by atoms with van der Waals surface area (Å²) in [7, 11) is 3.67. The molecule has 0 N–H and O–H groups in total. The normalized spacial score (nSPS) is 9.00. The predicted octanol–water partition coefficient (Wildman–Crippen LogP) is 1.44. The van der Waals surface area contributed by atoms with Crippen LogP contribution in [0.3, 0.4) is 0 Å². The van der Waals surface area contributed by atoms with Gasteiger partial charge in [0.15, 0.2) is 6.29 Å². The fraction of sp³-hybridized carbons (Fsp3) is 0.200. The van der Waals surface area contributed by atoms with E-state index >= 15 is 0 Å². The first kappa shape index (κ1) is 9.27. The standard InChI is InChI=1S/C10H10N2O/c1-12(2)10-5-8(6-11)3-4-9(10)7-13/h3-5,7H,1-2H3. The van der Waals surface area contributed by atoms with Gasteiger partial charge in [0.2, 0.25) is 0 Å². The minimum absolute atomic E-state index is 0.564. The van der Waals surface area contributed by atoms with Crippen LogP contribution >= 0.6 is 0 Å². The Morgan fingerprint density at radius 2 is 2.15 bits per heavy atom. The van der Waals surface area contributed by atoms with E-state index in [1.165, 1.54) is 0 Å². The molecule has 1 aromatic rings. The number of anilines is 1. The van der Waals surface area contributed by atoms with E-state index in [0.717, 1.165) is 12.0 Å². The Morgan fingerprint density at radius 3 is 2.62 bits per heavy atom. The van der Waals surface area contributed by atoms with Crippen LogP contribution in [0.2, 0.25) is 0 Å². The smallest absolute Gasteiger partial charge is 0.152 e. The van der Waals surface area contributed by atoms with Gasteiger partial charge in [0.25, 0.3) is 0 Å². The molecule has 3 nitrogen and oxygen atoms in total. The van der Waals surface area contributed by atoms with E-state index in [-0.39, 0.29) is 0 Å². The summed E-state index contributed by atoms with van der Waals surface area (Å²) >= 11 is 0. The zero-order valence-corrected chi connectivity index (χ0v) is 7.61. The monoisotopic (exact) mass is 174 g/mol. The van der Waals surface area contributed by atoms with Gasteiger partial charge in [-0.05, 0) is 18.2 Å². The molecule has 0 saturated carbocycles. The number of nitrogens with zero attached hydrogens (tertiary/aromatic N) is 2. The lowest BCUT2D eigenvalue weighted by atomic mass is 10.1. The van der Waals surface area contributed by atoms with E-state index in [1.807, 2.05) is 25.1 Å². The molecule has 0 fully saturated rings. The van der Waals surface area contributed by atoms with Crippen molar-refractivity contribution in [2.45, 2.75) is 0 Å². The lowest BCUT2D eigenvalue weighted by Gasteiger charge is -2.14. The average molecular weight is 174 g/mol. The molecule has 0 saturated heterocycles. The molecule has 0 bridgehead atoms. The van der Waals surface area contributed by atoms with Gasteiger partial charge in [0.1, 0.15) is 0 Å². The second-order valence-electron chi connectivity index (χ2n) is 2.90. The van der Waals surface area contributed by atoms with Gasteiger partial charge >= 0.3 is 0 Å². The molecule has 0 aromatic heterocycles. The third-order valence-corrected chi connectivity index (χ3v) is 1.77. The molecule has 0 atom stereocenters. The van der Waals surface area contributed by atoms with Crippen LogP contribution < -0.4 is 4.90 Å². The van der Waals surface area contributed by atoms with E-state index < -0.39 is 0 Å². The number of hydrogen-bond acceptors (Lipinski definition) is 3. The number of carbonyl (C=O) groups excluding carboxylic acids is 1. The fourth-order valence-electron chi connectivity index (χ4n) is 1.10. The zero-order chi connectivity index (χ0) is 9.84. The quantitative estimate of drug-likeness (QED) is 0.637. The number of carbonyl (C=O) groups is 1. The Hall–Kier alpha value is -1.82. The zero-order valence-electron chi connectivity index (χ0n) is 7.61. The van der Waals surface area contributed by atoms with Gasteiger partial charge in [-0.1, -0.05) is 0 Å². The third-order valence-electron chi connectivity index (χ3n) is 1.77. The Balaban J connectivity index is 3.27. The molecule has 66 valence electrons. The van der Waals surface area contributed by atoms with Crippen LogP contribution in [0, 0.1) is 11.3 Å². The van der Waals surface area contributed by atoms with Crippen LogP contribution in [0.4, 0.5) is 5.69 Å². The van der Waals surface area contributed by atoms with Gasteiger partial charge < -0.3 is 4.90 Å². The van der Waals surface area contributed by atoms with E-state index in [2.05, 4.69) is 0 Å². The van der Waals surface area contributed by atoms with Gasteiger partial charge in [-0.25, -0.2) is 0 Å². The molecule has 0 aliphatic rings. The highest BCUT2D eigenvalue weighted by atomic mass is 16.1. The van der Waals surface area contributed by atoms with Crippen LogP contribution in [0.15, 0.2) is 18.2 Å². The Morgan fingerprint density at radius 1 is 1.46 bits per heavy atom. The van der Waals surface area contributed by atoms with Crippen molar-refractivity contribution in [3.63, 3.8) is 0 Å². The summed E-state index contributed by atoms with van der Waals surface area (Å²) in [5.74, 6) is 0. The highest BCUT2D eigenvalue weighted by Crippen LogP contribution is 2.18. The summed E-state index contributed by atoms with van der Waals surface area (Å²) in [6.07, 6.45) is 0.788. The number of benzene rings is 1. The number of rotatable bonds is 2. The molecule has 0 amide bonds. The molecule has 1 aromatic carbocycles. The maximum absolute atomic E-state index is 10.6. The number of hydrogen-bond donors (Lipinski definition) is 0. The first-order chi connectivity index (χ1) is 6.19. The van der Waals surface area contributed by atoms with Crippen molar-refractivity contribution in [2.24, 2.45) is 0 Å². The van der Waals surface area contributed by atoms with Crippen LogP contribution in [0.5, 0.6) is 0 Å². The molecule has 0 spiro atoms. The van der Waals surface area contributed by atoms with Gasteiger partial charge in [-0.15, -0.1) is 0 Å². The van der Waals surface area contributed by atoms with Crippen LogP contribution in [0.1, 0.15) is 15.9 Å². The van der Waals surface area contributed by atoms with Crippen molar-refractivity contribution in [1.82, 2.24) is 0 Å². The van der Waals surface area contributed by atoms with E-state index in [4.69, 9.17) is 5.26 Å². The minimum atomic E-state index is 0.564. The summed E-state index contributed by atoms with van der Waals surface area (Å²) in [6.45, 7) is 0. The maximum atomic E-state index is 10.6. The minimum Gasteiger partial charge on any atom is -0.377 e. The molecule has 0 unspecified atom stereocenters. The van der Waals surface area contributed by atoms with Gasteiger partial charge in [-0.2, -0.15) is 5.26 Å². The molecule has 0 aliphatic carbocycles.